The Hall–Kier alpha value is -1.73. The predicted octanol–water partition coefficient (Wildman–Crippen LogP) is 10.7. The summed E-state index contributed by atoms with van der Waals surface area (Å²) in [4.78, 5) is 0.918. The fourth-order valence-electron chi connectivity index (χ4n) is 5.10. The monoisotopic (exact) mass is 490 g/mol. The van der Waals surface area contributed by atoms with Crippen molar-refractivity contribution < 1.29 is 0 Å². The molecule has 0 bridgehead atoms. The Bertz CT molecular complexity index is 862. The first-order chi connectivity index (χ1) is 17.1. The van der Waals surface area contributed by atoms with E-state index < -0.39 is 0 Å². The van der Waals surface area contributed by atoms with Crippen LogP contribution in [0.2, 0.25) is 0 Å². The Kier molecular flexibility index (Phi) is 14.9. The Morgan fingerprint density at radius 2 is 1.17 bits per heavy atom. The van der Waals surface area contributed by atoms with Crippen molar-refractivity contribution in [3.63, 3.8) is 0 Å². The second-order valence-corrected chi connectivity index (χ2v) is 10.5. The van der Waals surface area contributed by atoms with Gasteiger partial charge in [0.15, 0.2) is 0 Å². The molecule has 0 nitrogen and oxygen atoms in total. The van der Waals surface area contributed by atoms with E-state index >= 15 is 0 Å². The van der Waals surface area contributed by atoms with Crippen LogP contribution < -0.4 is 0 Å². The van der Waals surface area contributed by atoms with Gasteiger partial charge in [0.25, 0.3) is 0 Å². The lowest BCUT2D eigenvalue weighted by molar-refractivity contribution is 0.549. The summed E-state index contributed by atoms with van der Waals surface area (Å²) in [6.45, 7) is 9.06. The van der Waals surface area contributed by atoms with E-state index in [0.717, 1.165) is 29.7 Å². The largest absolute Gasteiger partial charge is 0.0795 e. The standard InChI is InChI=1S/C34H50S/c1-5-9-10-11-12-13-14-15-16-17-18-19-28-20-23-32(24-21-28)34(35)25-22-29-26-30(6-2)33(8-4)31(7-3)27-29/h20-27H,5-19H2,1-4H3. The molecule has 0 unspecified atom stereocenters. The fraction of sp³-hybridized carbons (Fsp3) is 0.559. The van der Waals surface area contributed by atoms with Gasteiger partial charge in [-0.15, -0.1) is 0 Å². The molecule has 0 aliphatic heterocycles. The van der Waals surface area contributed by atoms with E-state index in [2.05, 4.69) is 76.2 Å². The number of hydrogen-bond donors (Lipinski definition) is 0. The van der Waals surface area contributed by atoms with Crippen LogP contribution in [-0.4, -0.2) is 4.86 Å². The van der Waals surface area contributed by atoms with Crippen LogP contribution >= 0.6 is 12.2 Å². The van der Waals surface area contributed by atoms with Gasteiger partial charge in [-0.1, -0.05) is 147 Å². The van der Waals surface area contributed by atoms with Gasteiger partial charge in [-0.25, -0.2) is 0 Å². The third-order valence-electron chi connectivity index (χ3n) is 7.31. The molecule has 0 radical (unpaired) electrons. The average Bonchev–Trinajstić information content (AvgIpc) is 2.89. The van der Waals surface area contributed by atoms with Crippen LogP contribution in [0.5, 0.6) is 0 Å². The number of hydrogen-bond acceptors (Lipinski definition) is 1. The van der Waals surface area contributed by atoms with Crippen molar-refractivity contribution in [2.24, 2.45) is 0 Å². The highest BCUT2D eigenvalue weighted by atomic mass is 32.1. The molecule has 2 aromatic carbocycles. The highest BCUT2D eigenvalue weighted by Crippen LogP contribution is 2.22. The van der Waals surface area contributed by atoms with Crippen LogP contribution in [0.15, 0.2) is 42.5 Å². The summed E-state index contributed by atoms with van der Waals surface area (Å²) in [5.41, 5.74) is 8.34. The smallest absolute Gasteiger partial charge is 0.0449 e. The molecule has 0 atom stereocenters. The quantitative estimate of drug-likeness (QED) is 0.0866. The summed E-state index contributed by atoms with van der Waals surface area (Å²) in [5, 5.41) is 0. The molecule has 0 saturated heterocycles. The van der Waals surface area contributed by atoms with Crippen molar-refractivity contribution in [3.05, 3.63) is 75.9 Å². The summed E-state index contributed by atoms with van der Waals surface area (Å²) >= 11 is 5.73. The molecule has 0 spiro atoms. The molecule has 0 fully saturated rings. The third kappa shape index (κ3) is 10.8. The molecule has 0 saturated carbocycles. The first kappa shape index (κ1) is 29.5. The van der Waals surface area contributed by atoms with E-state index in [0.29, 0.717) is 0 Å². The molecule has 0 aliphatic rings. The maximum Gasteiger partial charge on any atom is 0.0449 e. The Morgan fingerprint density at radius 3 is 1.66 bits per heavy atom. The molecule has 0 aliphatic carbocycles. The molecule has 0 amide bonds. The number of thiocarbonyl (C=S) groups is 1. The van der Waals surface area contributed by atoms with E-state index in [1.165, 1.54) is 105 Å². The van der Waals surface area contributed by atoms with Crippen molar-refractivity contribution in [1.29, 1.82) is 0 Å². The van der Waals surface area contributed by atoms with Crippen LogP contribution in [0.3, 0.4) is 0 Å². The number of benzene rings is 2. The van der Waals surface area contributed by atoms with Gasteiger partial charge in [0.1, 0.15) is 0 Å². The Morgan fingerprint density at radius 1 is 0.657 bits per heavy atom. The minimum atomic E-state index is 0.918. The Balaban J connectivity index is 1.74. The second-order valence-electron chi connectivity index (χ2n) is 10.1. The first-order valence-electron chi connectivity index (χ1n) is 14.6. The summed E-state index contributed by atoms with van der Waals surface area (Å²) in [6, 6.07) is 13.6. The maximum absolute atomic E-state index is 5.73. The van der Waals surface area contributed by atoms with E-state index in [-0.39, 0.29) is 0 Å². The maximum atomic E-state index is 5.73. The van der Waals surface area contributed by atoms with Gasteiger partial charge < -0.3 is 0 Å². The minimum Gasteiger partial charge on any atom is -0.0795 e. The summed E-state index contributed by atoms with van der Waals surface area (Å²) in [7, 11) is 0. The highest BCUT2D eigenvalue weighted by molar-refractivity contribution is 7.81. The molecule has 2 rings (SSSR count). The number of unbranched alkanes of at least 4 members (excludes halogenated alkanes) is 10. The van der Waals surface area contributed by atoms with Crippen molar-refractivity contribution in [2.45, 2.75) is 124 Å². The van der Waals surface area contributed by atoms with Crippen molar-refractivity contribution in [3.8, 4) is 0 Å². The summed E-state index contributed by atoms with van der Waals surface area (Å²) in [5.74, 6) is 0. The zero-order valence-electron chi connectivity index (χ0n) is 23.1. The lowest BCUT2D eigenvalue weighted by atomic mass is 9.92. The van der Waals surface area contributed by atoms with Crippen molar-refractivity contribution >= 4 is 23.2 Å². The van der Waals surface area contributed by atoms with Gasteiger partial charge in [-0.3, -0.25) is 0 Å². The molecule has 0 heterocycles. The summed E-state index contributed by atoms with van der Waals surface area (Å²) in [6.07, 6.45) is 24.2. The number of rotatable bonds is 18. The molecule has 2 aromatic rings. The van der Waals surface area contributed by atoms with Crippen LogP contribution in [0, 0.1) is 0 Å². The molecule has 1 heteroatoms. The van der Waals surface area contributed by atoms with E-state index in [1.807, 2.05) is 0 Å². The molecule has 35 heavy (non-hydrogen) atoms. The van der Waals surface area contributed by atoms with Gasteiger partial charge in [0.05, 0.1) is 0 Å². The molecular formula is C34H50S. The normalized spacial score (nSPS) is 11.4. The zero-order valence-corrected chi connectivity index (χ0v) is 24.0. The van der Waals surface area contributed by atoms with Crippen LogP contribution in [-0.2, 0) is 25.7 Å². The van der Waals surface area contributed by atoms with Crippen LogP contribution in [0.25, 0.3) is 6.08 Å². The van der Waals surface area contributed by atoms with Gasteiger partial charge in [-0.2, -0.15) is 0 Å². The second kappa shape index (κ2) is 17.7. The number of aryl methyl sites for hydroxylation is 3. The van der Waals surface area contributed by atoms with Crippen molar-refractivity contribution in [2.75, 3.05) is 0 Å². The molecule has 0 aromatic heterocycles. The summed E-state index contributed by atoms with van der Waals surface area (Å²) < 4.78 is 0. The average molecular weight is 491 g/mol. The van der Waals surface area contributed by atoms with E-state index in [1.54, 1.807) is 0 Å². The highest BCUT2D eigenvalue weighted by Gasteiger charge is 2.07. The van der Waals surface area contributed by atoms with E-state index in [4.69, 9.17) is 12.2 Å². The third-order valence-corrected chi connectivity index (χ3v) is 7.68. The molecule has 192 valence electrons. The van der Waals surface area contributed by atoms with Crippen LogP contribution in [0.1, 0.15) is 132 Å². The number of allylic oxidation sites excluding steroid dienone is 1. The van der Waals surface area contributed by atoms with Gasteiger partial charge >= 0.3 is 0 Å². The van der Waals surface area contributed by atoms with Crippen LogP contribution in [0.4, 0.5) is 0 Å². The lowest BCUT2D eigenvalue weighted by Crippen LogP contribution is -1.99. The zero-order chi connectivity index (χ0) is 25.3. The Labute approximate surface area is 222 Å². The van der Waals surface area contributed by atoms with Gasteiger partial charge in [-0.05, 0) is 71.6 Å². The topological polar surface area (TPSA) is 0 Å². The predicted molar refractivity (Wildman–Crippen MR) is 162 cm³/mol. The van der Waals surface area contributed by atoms with Gasteiger partial charge in [0.2, 0.25) is 0 Å². The first-order valence-corrected chi connectivity index (χ1v) is 15.0. The molecule has 0 N–H and O–H groups in total. The van der Waals surface area contributed by atoms with E-state index in [9.17, 15) is 0 Å². The molecular weight excluding hydrogens is 440 g/mol. The SMILES string of the molecule is CCCCCCCCCCCCCc1ccc(C(=S)C=Cc2cc(CC)c(CC)c(CC)c2)cc1. The minimum absolute atomic E-state index is 0.918. The van der Waals surface area contributed by atoms with Crippen molar-refractivity contribution in [1.82, 2.24) is 0 Å². The fourth-order valence-corrected chi connectivity index (χ4v) is 5.31. The van der Waals surface area contributed by atoms with Gasteiger partial charge in [0, 0.05) is 4.86 Å². The lowest BCUT2D eigenvalue weighted by Gasteiger charge is -2.13.